The molecule has 0 radical (unpaired) electrons. The molecule has 0 aromatic carbocycles. The van der Waals surface area contributed by atoms with Crippen LogP contribution in [0.5, 0.6) is 0 Å². The van der Waals surface area contributed by atoms with Gasteiger partial charge in [-0.25, -0.2) is 9.97 Å². The van der Waals surface area contributed by atoms with Crippen LogP contribution in [0.25, 0.3) is 11.0 Å². The van der Waals surface area contributed by atoms with E-state index < -0.39 is 0 Å². The molecule has 2 aromatic heterocycles. The Morgan fingerprint density at radius 1 is 1.27 bits per heavy atom. The van der Waals surface area contributed by atoms with Crippen molar-refractivity contribution in [2.24, 2.45) is 7.05 Å². The first-order valence-corrected chi connectivity index (χ1v) is 9.51. The molecule has 0 spiro atoms. The van der Waals surface area contributed by atoms with E-state index in [9.17, 15) is 4.79 Å². The predicted molar refractivity (Wildman–Crippen MR) is 98.0 cm³/mol. The Kier molecular flexibility index (Phi) is 5.01. The summed E-state index contributed by atoms with van der Waals surface area (Å²) in [6, 6.07) is 0. The molecule has 1 aliphatic heterocycles. The average molecular weight is 358 g/mol. The third-order valence-corrected chi connectivity index (χ3v) is 5.32. The van der Waals surface area contributed by atoms with E-state index in [1.165, 1.54) is 12.8 Å². The van der Waals surface area contributed by atoms with Gasteiger partial charge in [0.1, 0.15) is 11.6 Å². The van der Waals surface area contributed by atoms with Crippen LogP contribution >= 0.6 is 0 Å². The Balaban J connectivity index is 1.47. The van der Waals surface area contributed by atoms with Gasteiger partial charge in [-0.1, -0.05) is 12.8 Å². The molecular weight excluding hydrogens is 332 g/mol. The molecule has 1 N–H and O–H groups in total. The zero-order valence-electron chi connectivity index (χ0n) is 15.3. The van der Waals surface area contributed by atoms with E-state index in [2.05, 4.69) is 10.4 Å². The smallest absolute Gasteiger partial charge is 0.224 e. The van der Waals surface area contributed by atoms with E-state index in [4.69, 9.17) is 14.7 Å². The molecule has 4 rings (SSSR count). The second-order valence-electron chi connectivity index (χ2n) is 7.09. The van der Waals surface area contributed by atoms with Crippen molar-refractivity contribution in [3.63, 3.8) is 0 Å². The van der Waals surface area contributed by atoms with E-state index in [1.807, 2.05) is 11.9 Å². The van der Waals surface area contributed by atoms with Crippen LogP contribution in [0.15, 0.2) is 6.20 Å². The van der Waals surface area contributed by atoms with Crippen LogP contribution in [0.4, 0.5) is 5.82 Å². The highest BCUT2D eigenvalue weighted by Gasteiger charge is 2.23. The first-order chi connectivity index (χ1) is 12.7. The zero-order valence-corrected chi connectivity index (χ0v) is 15.3. The second kappa shape index (κ2) is 7.57. The topological polar surface area (TPSA) is 85.2 Å². The summed E-state index contributed by atoms with van der Waals surface area (Å²) in [6.07, 6.45) is 7.03. The fraction of sp³-hybridized carbons (Fsp3) is 0.667. The number of carbonyl (C=O) groups excluding carboxylic acids is 1. The highest BCUT2D eigenvalue weighted by Crippen LogP contribution is 2.34. The van der Waals surface area contributed by atoms with Gasteiger partial charge >= 0.3 is 0 Å². The van der Waals surface area contributed by atoms with E-state index >= 15 is 0 Å². The number of hydrogen-bond donors (Lipinski definition) is 1. The van der Waals surface area contributed by atoms with Crippen LogP contribution in [0.2, 0.25) is 0 Å². The molecule has 140 valence electrons. The summed E-state index contributed by atoms with van der Waals surface area (Å²) in [7, 11) is 1.90. The number of nitrogens with one attached hydrogen (secondary N) is 1. The largest absolute Gasteiger partial charge is 0.378 e. The lowest BCUT2D eigenvalue weighted by Gasteiger charge is -2.26. The second-order valence-corrected chi connectivity index (χ2v) is 7.09. The number of rotatable bonds is 5. The van der Waals surface area contributed by atoms with Gasteiger partial charge in [0.05, 0.1) is 24.8 Å². The van der Waals surface area contributed by atoms with Gasteiger partial charge in [0.25, 0.3) is 0 Å². The van der Waals surface area contributed by atoms with Crippen molar-refractivity contribution in [1.82, 2.24) is 24.6 Å². The van der Waals surface area contributed by atoms with Crippen LogP contribution in [-0.2, 0) is 16.6 Å². The lowest BCUT2D eigenvalue weighted by atomic mass is 10.1. The first kappa shape index (κ1) is 17.2. The van der Waals surface area contributed by atoms with Crippen LogP contribution in [0, 0.1) is 0 Å². The molecule has 1 aliphatic carbocycles. The molecular formula is C18H26N6O2. The van der Waals surface area contributed by atoms with Gasteiger partial charge in [-0.2, -0.15) is 5.10 Å². The number of aryl methyl sites for hydroxylation is 1. The van der Waals surface area contributed by atoms with Crippen LogP contribution in [0.3, 0.4) is 0 Å². The van der Waals surface area contributed by atoms with Crippen molar-refractivity contribution in [3.05, 3.63) is 12.0 Å². The molecule has 0 atom stereocenters. The third-order valence-electron chi connectivity index (χ3n) is 5.32. The number of fused-ring (bicyclic) bond motifs is 1. The van der Waals surface area contributed by atoms with Gasteiger partial charge in [0, 0.05) is 39.0 Å². The van der Waals surface area contributed by atoms with E-state index in [-0.39, 0.29) is 5.91 Å². The minimum Gasteiger partial charge on any atom is -0.378 e. The number of anilines is 1. The fourth-order valence-corrected chi connectivity index (χ4v) is 3.80. The predicted octanol–water partition coefficient (Wildman–Crippen LogP) is 1.68. The van der Waals surface area contributed by atoms with E-state index in [1.54, 1.807) is 10.9 Å². The Hall–Kier alpha value is -2.22. The number of aromatic nitrogens is 4. The van der Waals surface area contributed by atoms with Crippen molar-refractivity contribution in [3.8, 4) is 0 Å². The molecule has 2 aromatic rings. The van der Waals surface area contributed by atoms with Crippen molar-refractivity contribution < 1.29 is 9.53 Å². The maximum Gasteiger partial charge on any atom is 0.224 e. The molecule has 26 heavy (non-hydrogen) atoms. The monoisotopic (exact) mass is 358 g/mol. The number of hydrogen-bond acceptors (Lipinski definition) is 6. The number of ether oxygens (including phenoxy) is 1. The SMILES string of the molecule is Cn1ncc2c(NCCC(=O)N3CCOCC3)nc(C3CCCC3)nc21. The Bertz CT molecular complexity index is 777. The molecule has 0 bridgehead atoms. The molecule has 8 heteroatoms. The zero-order chi connectivity index (χ0) is 17.9. The third kappa shape index (κ3) is 3.51. The summed E-state index contributed by atoms with van der Waals surface area (Å²) >= 11 is 0. The number of carbonyl (C=O) groups is 1. The van der Waals surface area contributed by atoms with Gasteiger partial charge in [-0.05, 0) is 12.8 Å². The van der Waals surface area contributed by atoms with E-state index in [0.717, 1.165) is 35.5 Å². The minimum atomic E-state index is 0.160. The van der Waals surface area contributed by atoms with Gasteiger partial charge in [0.2, 0.25) is 5.91 Å². The average Bonchev–Trinajstić information content (AvgIpc) is 3.33. The number of nitrogens with zero attached hydrogens (tertiary/aromatic N) is 5. The standard InChI is InChI=1S/C18H26N6O2/c1-23-18-14(12-20-23)17(21-16(22-18)13-4-2-3-5-13)19-7-6-15(25)24-8-10-26-11-9-24/h12-13H,2-11H2,1H3,(H,19,21,22). The van der Waals surface area contributed by atoms with Crippen molar-refractivity contribution >= 4 is 22.8 Å². The lowest BCUT2D eigenvalue weighted by molar-refractivity contribution is -0.134. The normalized spacial score (nSPS) is 18.6. The van der Waals surface area contributed by atoms with Crippen molar-refractivity contribution in [1.29, 1.82) is 0 Å². The summed E-state index contributed by atoms with van der Waals surface area (Å²) in [5.41, 5.74) is 0.851. The Morgan fingerprint density at radius 3 is 2.81 bits per heavy atom. The summed E-state index contributed by atoms with van der Waals surface area (Å²) in [5, 5.41) is 8.59. The summed E-state index contributed by atoms with van der Waals surface area (Å²) in [6.45, 7) is 3.19. The molecule has 0 unspecified atom stereocenters. The van der Waals surface area contributed by atoms with Crippen LogP contribution in [-0.4, -0.2) is 63.4 Å². The van der Waals surface area contributed by atoms with Crippen LogP contribution in [0.1, 0.15) is 43.8 Å². The molecule has 2 fully saturated rings. The molecule has 1 saturated carbocycles. The molecule has 1 saturated heterocycles. The highest BCUT2D eigenvalue weighted by molar-refractivity contribution is 5.86. The van der Waals surface area contributed by atoms with Gasteiger partial charge in [-0.15, -0.1) is 0 Å². The van der Waals surface area contributed by atoms with Crippen molar-refractivity contribution in [2.75, 3.05) is 38.2 Å². The molecule has 8 nitrogen and oxygen atoms in total. The molecule has 1 amide bonds. The Labute approximate surface area is 152 Å². The van der Waals surface area contributed by atoms with Crippen molar-refractivity contribution in [2.45, 2.75) is 38.0 Å². The first-order valence-electron chi connectivity index (χ1n) is 9.51. The van der Waals surface area contributed by atoms with E-state index in [0.29, 0.717) is 45.2 Å². The summed E-state index contributed by atoms with van der Waals surface area (Å²) in [5.74, 6) is 2.29. The maximum absolute atomic E-state index is 12.3. The lowest BCUT2D eigenvalue weighted by Crippen LogP contribution is -2.41. The quantitative estimate of drug-likeness (QED) is 0.875. The molecule has 2 aliphatic rings. The summed E-state index contributed by atoms with van der Waals surface area (Å²) < 4.78 is 7.09. The van der Waals surface area contributed by atoms with Gasteiger partial charge in [0.15, 0.2) is 5.65 Å². The minimum absolute atomic E-state index is 0.160. The number of morpholine rings is 1. The fourth-order valence-electron chi connectivity index (χ4n) is 3.80. The highest BCUT2D eigenvalue weighted by atomic mass is 16.5. The molecule has 3 heterocycles. The summed E-state index contributed by atoms with van der Waals surface area (Å²) in [4.78, 5) is 23.7. The maximum atomic E-state index is 12.3. The number of amides is 1. The van der Waals surface area contributed by atoms with Gasteiger partial charge in [-0.3, -0.25) is 9.48 Å². The Morgan fingerprint density at radius 2 is 2.04 bits per heavy atom. The van der Waals surface area contributed by atoms with Crippen LogP contribution < -0.4 is 5.32 Å². The van der Waals surface area contributed by atoms with Gasteiger partial charge < -0.3 is 15.0 Å².